The summed E-state index contributed by atoms with van der Waals surface area (Å²) in [6, 6.07) is 10.1. The molecule has 0 atom stereocenters. The molecule has 2 heterocycles. The van der Waals surface area contributed by atoms with Gasteiger partial charge in [-0.3, -0.25) is 9.52 Å². The first kappa shape index (κ1) is 18.9. The second-order valence-electron chi connectivity index (χ2n) is 6.35. The fraction of sp³-hybridized carbons (Fsp3) is 0.389. The number of benzene rings is 1. The van der Waals surface area contributed by atoms with Gasteiger partial charge in [0.25, 0.3) is 15.9 Å². The van der Waals surface area contributed by atoms with E-state index >= 15 is 0 Å². The van der Waals surface area contributed by atoms with Gasteiger partial charge in [-0.25, -0.2) is 8.42 Å². The van der Waals surface area contributed by atoms with Crippen molar-refractivity contribution in [3.05, 3.63) is 46.8 Å². The van der Waals surface area contributed by atoms with Crippen LogP contribution in [0.15, 0.2) is 40.6 Å². The number of aryl methyl sites for hydroxylation is 1. The van der Waals surface area contributed by atoms with Crippen molar-refractivity contribution >= 4 is 33.0 Å². The molecule has 0 saturated carbocycles. The number of hydrogen-bond donors (Lipinski definition) is 1. The monoisotopic (exact) mass is 393 g/mol. The van der Waals surface area contributed by atoms with Crippen molar-refractivity contribution < 1.29 is 13.2 Å². The standard InChI is InChI=1S/C18H23N3O3S2/c1-3-16-8-9-17(25-16)26(23,24)19-15-6-4-14(5-7-15)18(22)21-12-10-20(2)11-13-21/h4-9,19H,3,10-13H2,1-2H3. The minimum absolute atomic E-state index is 0.0154. The molecule has 140 valence electrons. The second-order valence-corrected chi connectivity index (χ2v) is 9.43. The lowest BCUT2D eigenvalue weighted by Crippen LogP contribution is -2.47. The number of nitrogens with zero attached hydrogens (tertiary/aromatic N) is 2. The summed E-state index contributed by atoms with van der Waals surface area (Å²) in [5.74, 6) is -0.0154. The normalized spacial score (nSPS) is 15.8. The number of likely N-dealkylation sites (N-methyl/N-ethyl adjacent to an activating group) is 1. The number of sulfonamides is 1. The highest BCUT2D eigenvalue weighted by Crippen LogP contribution is 2.24. The fourth-order valence-electron chi connectivity index (χ4n) is 2.77. The molecule has 0 bridgehead atoms. The van der Waals surface area contributed by atoms with Crippen molar-refractivity contribution in [1.82, 2.24) is 9.80 Å². The SMILES string of the molecule is CCc1ccc(S(=O)(=O)Nc2ccc(C(=O)N3CCN(C)CC3)cc2)s1. The molecule has 1 N–H and O–H groups in total. The molecule has 0 spiro atoms. The summed E-state index contributed by atoms with van der Waals surface area (Å²) in [6.07, 6.45) is 0.809. The zero-order valence-electron chi connectivity index (χ0n) is 14.9. The van der Waals surface area contributed by atoms with E-state index in [0.29, 0.717) is 28.5 Å². The summed E-state index contributed by atoms with van der Waals surface area (Å²) in [4.78, 5) is 17.6. The first-order valence-electron chi connectivity index (χ1n) is 8.58. The number of carbonyl (C=O) groups is 1. The maximum absolute atomic E-state index is 12.5. The number of rotatable bonds is 5. The van der Waals surface area contributed by atoms with Gasteiger partial charge in [0, 0.05) is 42.3 Å². The lowest BCUT2D eigenvalue weighted by molar-refractivity contribution is 0.0664. The van der Waals surface area contributed by atoms with E-state index in [1.54, 1.807) is 30.3 Å². The largest absolute Gasteiger partial charge is 0.336 e. The van der Waals surface area contributed by atoms with E-state index in [4.69, 9.17) is 0 Å². The van der Waals surface area contributed by atoms with Crippen LogP contribution in [-0.2, 0) is 16.4 Å². The maximum Gasteiger partial charge on any atom is 0.271 e. The Morgan fingerprint density at radius 1 is 1.08 bits per heavy atom. The molecule has 1 amide bonds. The minimum Gasteiger partial charge on any atom is -0.336 e. The van der Waals surface area contributed by atoms with Crippen LogP contribution in [0, 0.1) is 0 Å². The van der Waals surface area contributed by atoms with Gasteiger partial charge in [0.2, 0.25) is 0 Å². The number of anilines is 1. The number of piperazine rings is 1. The molecule has 1 fully saturated rings. The molecule has 3 rings (SSSR count). The number of carbonyl (C=O) groups excluding carboxylic acids is 1. The Bertz CT molecular complexity index is 867. The Kier molecular flexibility index (Phi) is 5.64. The van der Waals surface area contributed by atoms with Crippen LogP contribution < -0.4 is 4.72 Å². The summed E-state index contributed by atoms with van der Waals surface area (Å²) in [6.45, 7) is 5.14. The Balaban J connectivity index is 1.68. The highest BCUT2D eigenvalue weighted by molar-refractivity contribution is 7.94. The molecule has 8 heteroatoms. The van der Waals surface area contributed by atoms with Gasteiger partial charge in [-0.1, -0.05) is 6.92 Å². The third-order valence-electron chi connectivity index (χ3n) is 4.42. The lowest BCUT2D eigenvalue weighted by Gasteiger charge is -2.32. The van der Waals surface area contributed by atoms with Gasteiger partial charge >= 0.3 is 0 Å². The zero-order chi connectivity index (χ0) is 18.7. The molecule has 0 unspecified atom stereocenters. The van der Waals surface area contributed by atoms with Crippen LogP contribution >= 0.6 is 11.3 Å². The summed E-state index contributed by atoms with van der Waals surface area (Å²) in [7, 11) is -1.55. The quantitative estimate of drug-likeness (QED) is 0.847. The van der Waals surface area contributed by atoms with Gasteiger partial charge in [-0.05, 0) is 49.9 Å². The summed E-state index contributed by atoms with van der Waals surface area (Å²) in [5.41, 5.74) is 1.02. The maximum atomic E-state index is 12.5. The van der Waals surface area contributed by atoms with Crippen LogP contribution in [0.25, 0.3) is 0 Å². The predicted octanol–water partition coefficient (Wildman–Crippen LogP) is 2.50. The van der Waals surface area contributed by atoms with Gasteiger partial charge in [-0.15, -0.1) is 11.3 Å². The minimum atomic E-state index is -3.59. The van der Waals surface area contributed by atoms with Gasteiger partial charge in [-0.2, -0.15) is 0 Å². The predicted molar refractivity (Wildman–Crippen MR) is 104 cm³/mol. The lowest BCUT2D eigenvalue weighted by atomic mass is 10.1. The number of amides is 1. The highest BCUT2D eigenvalue weighted by atomic mass is 32.2. The molecule has 1 aliphatic heterocycles. The van der Waals surface area contributed by atoms with Gasteiger partial charge in [0.05, 0.1) is 0 Å². The van der Waals surface area contributed by atoms with Crippen molar-refractivity contribution in [2.45, 2.75) is 17.6 Å². The van der Waals surface area contributed by atoms with E-state index in [1.807, 2.05) is 24.9 Å². The van der Waals surface area contributed by atoms with Gasteiger partial charge in [0.1, 0.15) is 4.21 Å². The summed E-state index contributed by atoms with van der Waals surface area (Å²) >= 11 is 1.27. The third kappa shape index (κ3) is 4.25. The molecular weight excluding hydrogens is 370 g/mol. The first-order valence-corrected chi connectivity index (χ1v) is 10.9. The first-order chi connectivity index (χ1) is 12.4. The Morgan fingerprint density at radius 2 is 1.73 bits per heavy atom. The van der Waals surface area contributed by atoms with E-state index in [0.717, 1.165) is 24.4 Å². The van der Waals surface area contributed by atoms with Crippen LogP contribution in [0.1, 0.15) is 22.2 Å². The Hall–Kier alpha value is -1.90. The zero-order valence-corrected chi connectivity index (χ0v) is 16.6. The molecule has 26 heavy (non-hydrogen) atoms. The van der Waals surface area contributed by atoms with Crippen LogP contribution in [-0.4, -0.2) is 57.4 Å². The fourth-order valence-corrected chi connectivity index (χ4v) is 5.13. The molecule has 1 aromatic heterocycles. The average Bonchev–Trinajstić information content (AvgIpc) is 3.12. The molecule has 0 aliphatic carbocycles. The molecule has 1 aliphatic rings. The van der Waals surface area contributed by atoms with E-state index in [9.17, 15) is 13.2 Å². The van der Waals surface area contributed by atoms with E-state index in [2.05, 4.69) is 9.62 Å². The third-order valence-corrected chi connectivity index (χ3v) is 7.53. The number of thiophene rings is 1. The van der Waals surface area contributed by atoms with Crippen molar-refractivity contribution in [1.29, 1.82) is 0 Å². The van der Waals surface area contributed by atoms with Crippen LogP contribution in [0.2, 0.25) is 0 Å². The molecule has 6 nitrogen and oxygen atoms in total. The van der Waals surface area contributed by atoms with Crippen LogP contribution in [0.4, 0.5) is 5.69 Å². The average molecular weight is 394 g/mol. The molecule has 0 radical (unpaired) electrons. The molecule has 1 aromatic carbocycles. The number of nitrogens with one attached hydrogen (secondary N) is 1. The Morgan fingerprint density at radius 3 is 2.31 bits per heavy atom. The van der Waals surface area contributed by atoms with E-state index in [1.165, 1.54) is 11.3 Å². The van der Waals surface area contributed by atoms with Crippen molar-refractivity contribution in [2.75, 3.05) is 37.9 Å². The van der Waals surface area contributed by atoms with E-state index < -0.39 is 10.0 Å². The van der Waals surface area contributed by atoms with Gasteiger partial charge in [0.15, 0.2) is 0 Å². The van der Waals surface area contributed by atoms with Crippen molar-refractivity contribution in [2.24, 2.45) is 0 Å². The Labute approximate surface area is 158 Å². The highest BCUT2D eigenvalue weighted by Gasteiger charge is 2.21. The second kappa shape index (κ2) is 7.77. The molecule has 2 aromatic rings. The summed E-state index contributed by atoms with van der Waals surface area (Å²) < 4.78 is 27.8. The number of hydrogen-bond acceptors (Lipinski definition) is 5. The molecular formula is C18H23N3O3S2. The topological polar surface area (TPSA) is 69.7 Å². The van der Waals surface area contributed by atoms with Gasteiger partial charge < -0.3 is 9.80 Å². The summed E-state index contributed by atoms with van der Waals surface area (Å²) in [5, 5.41) is 0. The smallest absolute Gasteiger partial charge is 0.271 e. The van der Waals surface area contributed by atoms with Crippen molar-refractivity contribution in [3.8, 4) is 0 Å². The van der Waals surface area contributed by atoms with Crippen LogP contribution in [0.3, 0.4) is 0 Å². The van der Waals surface area contributed by atoms with E-state index in [-0.39, 0.29) is 5.91 Å². The van der Waals surface area contributed by atoms with Crippen LogP contribution in [0.5, 0.6) is 0 Å². The molecule has 1 saturated heterocycles. The van der Waals surface area contributed by atoms with Crippen molar-refractivity contribution in [3.63, 3.8) is 0 Å².